The molecule has 6 heteroatoms. The minimum Gasteiger partial charge on any atom is -0.384 e. The summed E-state index contributed by atoms with van der Waals surface area (Å²) in [5, 5.41) is 2.87. The van der Waals surface area contributed by atoms with Crippen molar-refractivity contribution in [3.8, 4) is 0 Å². The summed E-state index contributed by atoms with van der Waals surface area (Å²) in [6, 6.07) is 3.51. The van der Waals surface area contributed by atoms with Crippen molar-refractivity contribution in [2.24, 2.45) is 29.4 Å². The van der Waals surface area contributed by atoms with Crippen LogP contribution in [0.4, 0.5) is 5.82 Å². The first-order valence-electron chi connectivity index (χ1n) is 9.33. The molecule has 4 atom stereocenters. The average Bonchev–Trinajstić information content (AvgIpc) is 2.61. The molecular formula is C19H28N4O2. The minimum absolute atomic E-state index is 0.0843. The monoisotopic (exact) mass is 344 g/mol. The third kappa shape index (κ3) is 4.11. The molecular weight excluding hydrogens is 316 g/mol. The molecule has 5 N–H and O–H groups in total. The van der Waals surface area contributed by atoms with E-state index in [4.69, 9.17) is 11.5 Å². The molecule has 0 aromatic carbocycles. The predicted octanol–water partition coefficient (Wildman–Crippen LogP) is 1.99. The predicted molar refractivity (Wildman–Crippen MR) is 96.0 cm³/mol. The van der Waals surface area contributed by atoms with Crippen molar-refractivity contribution >= 4 is 17.6 Å². The number of pyridine rings is 1. The molecule has 2 aliphatic rings. The van der Waals surface area contributed by atoms with Crippen molar-refractivity contribution in [3.63, 3.8) is 0 Å². The van der Waals surface area contributed by atoms with Crippen LogP contribution in [0.5, 0.6) is 0 Å². The van der Waals surface area contributed by atoms with E-state index in [0.717, 1.165) is 24.8 Å². The zero-order chi connectivity index (χ0) is 17.8. The van der Waals surface area contributed by atoms with E-state index in [1.807, 2.05) is 6.07 Å². The van der Waals surface area contributed by atoms with Gasteiger partial charge in [-0.05, 0) is 42.2 Å². The Kier molecular flexibility index (Phi) is 5.56. The molecule has 0 saturated heterocycles. The molecule has 2 aliphatic carbocycles. The first-order chi connectivity index (χ1) is 12.1. The number of fused-ring (bicyclic) bond motifs is 1. The first-order valence-corrected chi connectivity index (χ1v) is 9.33. The van der Waals surface area contributed by atoms with Gasteiger partial charge in [0.15, 0.2) is 0 Å². The van der Waals surface area contributed by atoms with Crippen LogP contribution < -0.4 is 16.8 Å². The van der Waals surface area contributed by atoms with Gasteiger partial charge in [-0.2, -0.15) is 0 Å². The normalized spacial score (nSPS) is 27.1. The molecule has 2 fully saturated rings. The van der Waals surface area contributed by atoms with E-state index in [0.29, 0.717) is 24.2 Å². The second kappa shape index (κ2) is 7.85. The standard InChI is InChI=1S/C19H28N4O2/c20-16-9-8-12(10-22-16)11-23-19(25)17(18(21)24)15-7-3-5-13-4-1-2-6-14(13)15/h8-10,13-15,17H,1-7,11H2,(H2,20,22)(H2,21,24)(H,23,25)/t13?,14?,15?,17-/m0/s1. The molecule has 25 heavy (non-hydrogen) atoms. The van der Waals surface area contributed by atoms with Crippen molar-refractivity contribution in [1.29, 1.82) is 0 Å². The van der Waals surface area contributed by atoms with Crippen LogP contribution in [-0.4, -0.2) is 16.8 Å². The van der Waals surface area contributed by atoms with Crippen molar-refractivity contribution in [2.45, 2.75) is 51.5 Å². The highest BCUT2D eigenvalue weighted by atomic mass is 16.2. The Morgan fingerprint density at radius 3 is 2.64 bits per heavy atom. The van der Waals surface area contributed by atoms with Gasteiger partial charge in [0, 0.05) is 12.7 Å². The smallest absolute Gasteiger partial charge is 0.233 e. The molecule has 3 unspecified atom stereocenters. The zero-order valence-electron chi connectivity index (χ0n) is 14.6. The lowest BCUT2D eigenvalue weighted by Crippen LogP contribution is -2.47. The summed E-state index contributed by atoms with van der Waals surface area (Å²) in [6.07, 6.45) is 9.68. The van der Waals surface area contributed by atoms with Crippen LogP contribution in [0.25, 0.3) is 0 Å². The van der Waals surface area contributed by atoms with Crippen LogP contribution >= 0.6 is 0 Å². The molecule has 2 amide bonds. The summed E-state index contributed by atoms with van der Waals surface area (Å²) >= 11 is 0. The van der Waals surface area contributed by atoms with Crippen molar-refractivity contribution in [3.05, 3.63) is 23.9 Å². The van der Waals surface area contributed by atoms with Crippen LogP contribution in [0.15, 0.2) is 18.3 Å². The van der Waals surface area contributed by atoms with Gasteiger partial charge in [-0.15, -0.1) is 0 Å². The quantitative estimate of drug-likeness (QED) is 0.709. The van der Waals surface area contributed by atoms with Gasteiger partial charge in [-0.1, -0.05) is 38.2 Å². The van der Waals surface area contributed by atoms with Gasteiger partial charge in [0.2, 0.25) is 11.8 Å². The summed E-state index contributed by atoms with van der Waals surface area (Å²) < 4.78 is 0. The highest BCUT2D eigenvalue weighted by Gasteiger charge is 2.43. The van der Waals surface area contributed by atoms with Gasteiger partial charge in [-0.3, -0.25) is 9.59 Å². The fourth-order valence-corrected chi connectivity index (χ4v) is 4.78. The Morgan fingerprint density at radius 1 is 1.16 bits per heavy atom. The average molecular weight is 344 g/mol. The lowest BCUT2D eigenvalue weighted by Gasteiger charge is -2.43. The van der Waals surface area contributed by atoms with E-state index in [2.05, 4.69) is 10.3 Å². The second-order valence-corrected chi connectivity index (χ2v) is 7.49. The maximum atomic E-state index is 12.7. The number of aromatic nitrogens is 1. The van der Waals surface area contributed by atoms with E-state index >= 15 is 0 Å². The number of nitrogens with zero attached hydrogens (tertiary/aromatic N) is 1. The Balaban J connectivity index is 1.68. The van der Waals surface area contributed by atoms with Crippen LogP contribution in [0.1, 0.15) is 50.5 Å². The van der Waals surface area contributed by atoms with Crippen LogP contribution in [-0.2, 0) is 16.1 Å². The fourth-order valence-electron chi connectivity index (χ4n) is 4.78. The summed E-state index contributed by atoms with van der Waals surface area (Å²) in [7, 11) is 0. The summed E-state index contributed by atoms with van der Waals surface area (Å²) in [5.41, 5.74) is 12.1. The van der Waals surface area contributed by atoms with E-state index in [1.54, 1.807) is 12.3 Å². The van der Waals surface area contributed by atoms with Gasteiger partial charge in [-0.25, -0.2) is 4.98 Å². The summed E-state index contributed by atoms with van der Waals surface area (Å²) in [5.74, 6) is 0.168. The van der Waals surface area contributed by atoms with Gasteiger partial charge < -0.3 is 16.8 Å². The van der Waals surface area contributed by atoms with Gasteiger partial charge in [0.25, 0.3) is 0 Å². The Hall–Kier alpha value is -2.11. The molecule has 3 rings (SSSR count). The molecule has 1 aromatic heterocycles. The number of anilines is 1. The number of hydrogen-bond donors (Lipinski definition) is 3. The van der Waals surface area contributed by atoms with Gasteiger partial charge in [0.1, 0.15) is 11.7 Å². The molecule has 0 aliphatic heterocycles. The minimum atomic E-state index is -0.729. The maximum absolute atomic E-state index is 12.7. The van der Waals surface area contributed by atoms with Crippen LogP contribution in [0.2, 0.25) is 0 Å². The highest BCUT2D eigenvalue weighted by Crippen LogP contribution is 2.46. The molecule has 1 heterocycles. The summed E-state index contributed by atoms with van der Waals surface area (Å²) in [4.78, 5) is 28.9. The number of hydrogen-bond acceptors (Lipinski definition) is 4. The van der Waals surface area contributed by atoms with E-state index < -0.39 is 11.8 Å². The SMILES string of the molecule is NC(=O)[C@@H](C(=O)NCc1ccc(N)nc1)C1CCCC2CCCCC21. The second-order valence-electron chi connectivity index (χ2n) is 7.49. The van der Waals surface area contributed by atoms with Crippen molar-refractivity contribution in [2.75, 3.05) is 5.73 Å². The van der Waals surface area contributed by atoms with Gasteiger partial charge in [0.05, 0.1) is 0 Å². The molecule has 136 valence electrons. The number of nitrogens with two attached hydrogens (primary N) is 2. The van der Waals surface area contributed by atoms with Crippen molar-refractivity contribution < 1.29 is 9.59 Å². The molecule has 0 radical (unpaired) electrons. The fraction of sp³-hybridized carbons (Fsp3) is 0.632. The largest absolute Gasteiger partial charge is 0.384 e. The van der Waals surface area contributed by atoms with E-state index in [1.165, 1.54) is 25.7 Å². The first kappa shape index (κ1) is 17.7. The number of carbonyl (C=O) groups excluding carboxylic acids is 2. The number of carbonyl (C=O) groups is 2. The van der Waals surface area contributed by atoms with E-state index in [-0.39, 0.29) is 11.8 Å². The van der Waals surface area contributed by atoms with Crippen LogP contribution in [0.3, 0.4) is 0 Å². The Labute approximate surface area is 148 Å². The number of rotatable bonds is 5. The van der Waals surface area contributed by atoms with Gasteiger partial charge >= 0.3 is 0 Å². The number of nitrogens with one attached hydrogen (secondary N) is 1. The zero-order valence-corrected chi connectivity index (χ0v) is 14.6. The number of primary amides is 1. The Morgan fingerprint density at radius 2 is 1.92 bits per heavy atom. The topological polar surface area (TPSA) is 111 Å². The number of nitrogen functional groups attached to an aromatic ring is 1. The lowest BCUT2D eigenvalue weighted by molar-refractivity contribution is -0.138. The molecule has 1 aromatic rings. The Bertz CT molecular complexity index is 614. The van der Waals surface area contributed by atoms with E-state index in [9.17, 15) is 9.59 Å². The van der Waals surface area contributed by atoms with Crippen molar-refractivity contribution in [1.82, 2.24) is 10.3 Å². The molecule has 0 bridgehead atoms. The number of amides is 2. The third-order valence-corrected chi connectivity index (χ3v) is 5.96. The lowest BCUT2D eigenvalue weighted by atomic mass is 9.62. The maximum Gasteiger partial charge on any atom is 0.233 e. The molecule has 2 saturated carbocycles. The molecule has 6 nitrogen and oxygen atoms in total. The highest BCUT2D eigenvalue weighted by molar-refractivity contribution is 5.99. The summed E-state index contributed by atoms with van der Waals surface area (Å²) in [6.45, 7) is 0.330. The van der Waals surface area contributed by atoms with Crippen LogP contribution in [0, 0.1) is 23.7 Å². The third-order valence-electron chi connectivity index (χ3n) is 5.96. The molecule has 0 spiro atoms.